The summed E-state index contributed by atoms with van der Waals surface area (Å²) in [6.45, 7) is 4.11. The molecule has 0 unspecified atom stereocenters. The average Bonchev–Trinajstić information content (AvgIpc) is 2.47. The number of hydrogen-bond donors (Lipinski definition) is 1. The van der Waals surface area contributed by atoms with Gasteiger partial charge in [-0.1, -0.05) is 0 Å². The zero-order valence-corrected chi connectivity index (χ0v) is 10.2. The molecule has 1 heterocycles. The lowest BCUT2D eigenvalue weighted by Gasteiger charge is -2.16. The van der Waals surface area contributed by atoms with Gasteiger partial charge in [0.1, 0.15) is 0 Å². The molecule has 1 aromatic heterocycles. The van der Waals surface area contributed by atoms with Crippen LogP contribution in [0, 0.1) is 0 Å². The molecular formula is C10H19N3S. The summed E-state index contributed by atoms with van der Waals surface area (Å²) in [6, 6.07) is 0. The van der Waals surface area contributed by atoms with E-state index >= 15 is 0 Å². The smallest absolute Gasteiger partial charge is 0.184 e. The van der Waals surface area contributed by atoms with Crippen molar-refractivity contribution in [1.29, 1.82) is 0 Å². The molecule has 0 radical (unpaired) electrons. The van der Waals surface area contributed by atoms with Crippen LogP contribution in [0.2, 0.25) is 0 Å². The fraction of sp³-hybridized carbons (Fsp3) is 0.700. The number of anilines is 1. The minimum absolute atomic E-state index is 0.0811. The number of nitrogens with two attached hydrogens (primary N) is 1. The first kappa shape index (κ1) is 11.5. The van der Waals surface area contributed by atoms with Crippen LogP contribution in [-0.4, -0.2) is 24.6 Å². The zero-order valence-electron chi connectivity index (χ0n) is 9.37. The van der Waals surface area contributed by atoms with Gasteiger partial charge in [-0.3, -0.25) is 0 Å². The third-order valence-electron chi connectivity index (χ3n) is 1.94. The molecule has 0 saturated carbocycles. The Kier molecular flexibility index (Phi) is 3.50. The molecule has 2 N–H and O–H groups in total. The van der Waals surface area contributed by atoms with Gasteiger partial charge in [-0.25, -0.2) is 4.98 Å². The number of aryl methyl sites for hydroxylation is 1. The lowest BCUT2D eigenvalue weighted by atomic mass is 10.00. The van der Waals surface area contributed by atoms with Gasteiger partial charge in [0.2, 0.25) is 0 Å². The number of rotatable bonds is 4. The fourth-order valence-corrected chi connectivity index (χ4v) is 1.90. The van der Waals surface area contributed by atoms with Crippen LogP contribution in [-0.2, 0) is 6.42 Å². The Morgan fingerprint density at radius 3 is 2.57 bits per heavy atom. The molecule has 0 amide bonds. The van der Waals surface area contributed by atoms with Gasteiger partial charge in [0, 0.05) is 30.7 Å². The molecule has 14 heavy (non-hydrogen) atoms. The maximum atomic E-state index is 5.92. The van der Waals surface area contributed by atoms with Gasteiger partial charge in [0.25, 0.3) is 0 Å². The average molecular weight is 213 g/mol. The van der Waals surface area contributed by atoms with Crippen LogP contribution in [0.3, 0.4) is 0 Å². The quantitative estimate of drug-likeness (QED) is 0.830. The van der Waals surface area contributed by atoms with Gasteiger partial charge in [-0.2, -0.15) is 0 Å². The van der Waals surface area contributed by atoms with E-state index in [1.54, 1.807) is 11.3 Å². The molecule has 0 aliphatic rings. The van der Waals surface area contributed by atoms with Crippen LogP contribution in [0.1, 0.15) is 25.1 Å². The monoisotopic (exact) mass is 213 g/mol. The van der Waals surface area contributed by atoms with Crippen LogP contribution in [0.15, 0.2) is 6.20 Å². The molecule has 0 bridgehead atoms. The predicted molar refractivity (Wildman–Crippen MR) is 63.0 cm³/mol. The van der Waals surface area contributed by atoms with Crippen molar-refractivity contribution in [2.24, 2.45) is 5.73 Å². The van der Waals surface area contributed by atoms with E-state index in [9.17, 15) is 0 Å². The normalized spacial score (nSPS) is 11.8. The van der Waals surface area contributed by atoms with Crippen molar-refractivity contribution in [3.63, 3.8) is 0 Å². The first-order chi connectivity index (χ1) is 6.38. The Balaban J connectivity index is 2.52. The van der Waals surface area contributed by atoms with Crippen molar-refractivity contribution in [1.82, 2.24) is 4.98 Å². The topological polar surface area (TPSA) is 42.2 Å². The standard InChI is InChI=1S/C10H19N3S/c1-10(2,11)6-5-8-7-12-9(14-8)13(3)4/h7H,5-6,11H2,1-4H3. The Morgan fingerprint density at radius 1 is 1.50 bits per heavy atom. The lowest BCUT2D eigenvalue weighted by Crippen LogP contribution is -2.32. The molecule has 0 aliphatic heterocycles. The largest absolute Gasteiger partial charge is 0.354 e. The van der Waals surface area contributed by atoms with Crippen LogP contribution in [0.25, 0.3) is 0 Å². The maximum Gasteiger partial charge on any atom is 0.184 e. The minimum atomic E-state index is -0.0811. The highest BCUT2D eigenvalue weighted by Crippen LogP contribution is 2.22. The molecule has 0 aromatic carbocycles. The third kappa shape index (κ3) is 3.64. The highest BCUT2D eigenvalue weighted by atomic mass is 32.1. The number of nitrogens with zero attached hydrogens (tertiary/aromatic N) is 2. The summed E-state index contributed by atoms with van der Waals surface area (Å²) in [4.78, 5) is 7.66. The molecule has 0 aliphatic carbocycles. The molecule has 3 nitrogen and oxygen atoms in total. The van der Waals surface area contributed by atoms with Crippen LogP contribution in [0.4, 0.5) is 5.13 Å². The van der Waals surface area contributed by atoms with Crippen molar-refractivity contribution in [3.05, 3.63) is 11.1 Å². The van der Waals surface area contributed by atoms with Crippen LogP contribution < -0.4 is 10.6 Å². The van der Waals surface area contributed by atoms with Crippen molar-refractivity contribution in [2.45, 2.75) is 32.2 Å². The van der Waals surface area contributed by atoms with Crippen molar-refractivity contribution < 1.29 is 0 Å². The summed E-state index contributed by atoms with van der Waals surface area (Å²) in [5, 5.41) is 1.06. The van der Waals surface area contributed by atoms with Gasteiger partial charge in [0.05, 0.1) is 0 Å². The van der Waals surface area contributed by atoms with Crippen molar-refractivity contribution in [2.75, 3.05) is 19.0 Å². The number of aromatic nitrogens is 1. The van der Waals surface area contributed by atoms with Crippen molar-refractivity contribution >= 4 is 16.5 Å². The second kappa shape index (κ2) is 4.28. The molecule has 1 rings (SSSR count). The molecule has 0 fully saturated rings. The highest BCUT2D eigenvalue weighted by Gasteiger charge is 2.12. The van der Waals surface area contributed by atoms with Gasteiger partial charge >= 0.3 is 0 Å². The van der Waals surface area contributed by atoms with Gasteiger partial charge in [-0.15, -0.1) is 11.3 Å². The zero-order chi connectivity index (χ0) is 10.8. The van der Waals surface area contributed by atoms with Crippen LogP contribution in [0.5, 0.6) is 0 Å². The number of thiazole rings is 1. The van der Waals surface area contributed by atoms with E-state index < -0.39 is 0 Å². The molecular weight excluding hydrogens is 194 g/mol. The molecule has 1 aromatic rings. The maximum absolute atomic E-state index is 5.92. The Hall–Kier alpha value is -0.610. The Bertz CT molecular complexity index is 286. The predicted octanol–water partition coefficient (Wildman–Crippen LogP) is 1.88. The summed E-state index contributed by atoms with van der Waals surface area (Å²) in [6.07, 6.45) is 3.98. The van der Waals surface area contributed by atoms with E-state index in [2.05, 4.69) is 18.8 Å². The summed E-state index contributed by atoms with van der Waals surface area (Å²) >= 11 is 1.74. The van der Waals surface area contributed by atoms with E-state index in [-0.39, 0.29) is 5.54 Å². The summed E-state index contributed by atoms with van der Waals surface area (Å²) in [5.41, 5.74) is 5.84. The molecule has 0 atom stereocenters. The molecule has 80 valence electrons. The van der Waals surface area contributed by atoms with Crippen molar-refractivity contribution in [3.8, 4) is 0 Å². The number of hydrogen-bond acceptors (Lipinski definition) is 4. The first-order valence-electron chi connectivity index (χ1n) is 4.79. The molecule has 0 spiro atoms. The third-order valence-corrected chi connectivity index (χ3v) is 3.16. The highest BCUT2D eigenvalue weighted by molar-refractivity contribution is 7.15. The van der Waals surface area contributed by atoms with E-state index in [4.69, 9.17) is 5.73 Å². The van der Waals surface area contributed by atoms with E-state index in [0.717, 1.165) is 18.0 Å². The Morgan fingerprint density at radius 2 is 2.14 bits per heavy atom. The lowest BCUT2D eigenvalue weighted by molar-refractivity contribution is 0.478. The van der Waals surface area contributed by atoms with Crippen LogP contribution >= 0.6 is 11.3 Å². The van der Waals surface area contributed by atoms with E-state index in [1.807, 2.05) is 25.2 Å². The summed E-state index contributed by atoms with van der Waals surface area (Å²) < 4.78 is 0. The summed E-state index contributed by atoms with van der Waals surface area (Å²) in [5.74, 6) is 0. The second-order valence-electron chi connectivity index (χ2n) is 4.49. The SMILES string of the molecule is CN(C)c1ncc(CCC(C)(C)N)s1. The molecule has 0 saturated heterocycles. The Labute approximate surface area is 89.9 Å². The fourth-order valence-electron chi connectivity index (χ4n) is 1.06. The van der Waals surface area contributed by atoms with E-state index in [1.165, 1.54) is 4.88 Å². The minimum Gasteiger partial charge on any atom is -0.354 e. The van der Waals surface area contributed by atoms with Gasteiger partial charge < -0.3 is 10.6 Å². The first-order valence-corrected chi connectivity index (χ1v) is 5.61. The van der Waals surface area contributed by atoms with Gasteiger partial charge in [0.15, 0.2) is 5.13 Å². The molecule has 4 heteroatoms. The summed E-state index contributed by atoms with van der Waals surface area (Å²) in [7, 11) is 4.02. The second-order valence-corrected chi connectivity index (χ2v) is 5.59. The van der Waals surface area contributed by atoms with E-state index in [0.29, 0.717) is 0 Å². The van der Waals surface area contributed by atoms with Gasteiger partial charge in [-0.05, 0) is 26.7 Å².